The van der Waals surface area contributed by atoms with E-state index in [0.717, 1.165) is 6.07 Å². The van der Waals surface area contributed by atoms with E-state index in [2.05, 4.69) is 15.3 Å². The Morgan fingerprint density at radius 1 is 1.35 bits per heavy atom. The van der Waals surface area contributed by atoms with Crippen LogP contribution in [0.2, 0.25) is 0 Å². The van der Waals surface area contributed by atoms with Gasteiger partial charge in [0.2, 0.25) is 0 Å². The lowest BCUT2D eigenvalue weighted by Crippen LogP contribution is -2.45. The van der Waals surface area contributed by atoms with Crippen molar-refractivity contribution in [3.05, 3.63) is 28.3 Å². The minimum absolute atomic E-state index is 0.0716. The molecule has 1 amide bonds. The average Bonchev–Trinajstić information content (AvgIpc) is 2.83. The molecule has 0 spiro atoms. The Hall–Kier alpha value is -2.22. The number of H-pyrrole nitrogens is 2. The number of amides is 1. The quantitative estimate of drug-likeness (QED) is 0.577. The number of aromatic nitrogens is 2. The standard InChI is InChI=1S/C15H18FN3O3S/c1-4-22-14(21)11(7(2)3)18-13(20)9-5-8(16)6-10-12(9)19-15(23)17-10/h5-7,11H,4H2,1-3H3,(H,18,20)(H2,17,19,23)/t11-/m1/s1. The summed E-state index contributed by atoms with van der Waals surface area (Å²) < 4.78 is 18.9. The molecule has 1 heterocycles. The van der Waals surface area contributed by atoms with Crippen molar-refractivity contribution >= 4 is 35.1 Å². The molecular formula is C15H18FN3O3S. The summed E-state index contributed by atoms with van der Waals surface area (Å²) in [5.41, 5.74) is 0.847. The Labute approximate surface area is 137 Å². The van der Waals surface area contributed by atoms with Crippen LogP contribution in [-0.2, 0) is 9.53 Å². The van der Waals surface area contributed by atoms with Crippen LogP contribution in [0.4, 0.5) is 4.39 Å². The Kier molecular flexibility index (Phi) is 5.15. The molecule has 0 bridgehead atoms. The fourth-order valence-electron chi connectivity index (χ4n) is 2.24. The molecule has 0 radical (unpaired) electrons. The van der Waals surface area contributed by atoms with Crippen molar-refractivity contribution in [3.63, 3.8) is 0 Å². The molecule has 0 fully saturated rings. The van der Waals surface area contributed by atoms with E-state index in [4.69, 9.17) is 17.0 Å². The van der Waals surface area contributed by atoms with Gasteiger partial charge in [-0.1, -0.05) is 13.8 Å². The van der Waals surface area contributed by atoms with E-state index in [1.54, 1.807) is 20.8 Å². The number of imidazole rings is 1. The van der Waals surface area contributed by atoms with E-state index >= 15 is 0 Å². The lowest BCUT2D eigenvalue weighted by Gasteiger charge is -2.20. The minimum Gasteiger partial charge on any atom is -0.464 e. The molecule has 1 aromatic heterocycles. The lowest BCUT2D eigenvalue weighted by atomic mass is 10.0. The van der Waals surface area contributed by atoms with E-state index in [-0.39, 0.29) is 22.9 Å². The van der Waals surface area contributed by atoms with Gasteiger partial charge >= 0.3 is 5.97 Å². The Balaban J connectivity index is 2.36. The number of rotatable bonds is 5. The van der Waals surface area contributed by atoms with Gasteiger partial charge in [-0.15, -0.1) is 0 Å². The summed E-state index contributed by atoms with van der Waals surface area (Å²) in [6, 6.07) is 1.52. The number of fused-ring (bicyclic) bond motifs is 1. The third-order valence-electron chi connectivity index (χ3n) is 3.33. The first kappa shape index (κ1) is 17.1. The highest BCUT2D eigenvalue weighted by molar-refractivity contribution is 7.71. The van der Waals surface area contributed by atoms with E-state index in [0.29, 0.717) is 11.0 Å². The Morgan fingerprint density at radius 2 is 2.04 bits per heavy atom. The number of carbonyl (C=O) groups excluding carboxylic acids is 2. The van der Waals surface area contributed by atoms with Crippen LogP contribution in [0.5, 0.6) is 0 Å². The molecule has 23 heavy (non-hydrogen) atoms. The molecular weight excluding hydrogens is 321 g/mol. The van der Waals surface area contributed by atoms with Crippen LogP contribution in [-0.4, -0.2) is 34.5 Å². The maximum absolute atomic E-state index is 13.7. The van der Waals surface area contributed by atoms with Crippen molar-refractivity contribution < 1.29 is 18.7 Å². The van der Waals surface area contributed by atoms with Gasteiger partial charge in [0.15, 0.2) is 4.77 Å². The second-order valence-corrected chi connectivity index (χ2v) is 5.81. The van der Waals surface area contributed by atoms with Crippen LogP contribution in [0.3, 0.4) is 0 Å². The van der Waals surface area contributed by atoms with Gasteiger partial charge in [-0.25, -0.2) is 9.18 Å². The smallest absolute Gasteiger partial charge is 0.328 e. The largest absolute Gasteiger partial charge is 0.464 e. The molecule has 8 heteroatoms. The number of ether oxygens (including phenoxy) is 1. The molecule has 0 unspecified atom stereocenters. The SMILES string of the molecule is CCOC(=O)[C@H](NC(=O)c1cc(F)cc2[nH]c(=S)[nH]c12)C(C)C. The maximum atomic E-state index is 13.7. The van der Waals surface area contributed by atoms with Crippen molar-refractivity contribution in [2.24, 2.45) is 5.92 Å². The first-order chi connectivity index (χ1) is 10.8. The second kappa shape index (κ2) is 6.91. The van der Waals surface area contributed by atoms with E-state index in [1.807, 2.05) is 0 Å². The van der Waals surface area contributed by atoms with Crippen LogP contribution < -0.4 is 5.32 Å². The van der Waals surface area contributed by atoms with Crippen molar-refractivity contribution in [2.45, 2.75) is 26.8 Å². The van der Waals surface area contributed by atoms with Gasteiger partial charge in [0, 0.05) is 0 Å². The van der Waals surface area contributed by atoms with Crippen LogP contribution in [0, 0.1) is 16.5 Å². The fourth-order valence-corrected chi connectivity index (χ4v) is 2.45. The zero-order chi connectivity index (χ0) is 17.1. The molecule has 1 atom stereocenters. The lowest BCUT2D eigenvalue weighted by molar-refractivity contribution is -0.146. The highest BCUT2D eigenvalue weighted by atomic mass is 32.1. The van der Waals surface area contributed by atoms with Crippen LogP contribution in [0.1, 0.15) is 31.1 Å². The number of hydrogen-bond acceptors (Lipinski definition) is 4. The number of hydrogen-bond donors (Lipinski definition) is 3. The Bertz CT molecular complexity index is 797. The first-order valence-corrected chi connectivity index (χ1v) is 7.63. The maximum Gasteiger partial charge on any atom is 0.328 e. The predicted molar refractivity (Wildman–Crippen MR) is 86.2 cm³/mol. The normalized spacial score (nSPS) is 12.4. The van der Waals surface area contributed by atoms with Gasteiger partial charge in [-0.2, -0.15) is 0 Å². The topological polar surface area (TPSA) is 87.0 Å². The van der Waals surface area contributed by atoms with Gasteiger partial charge in [-0.3, -0.25) is 4.79 Å². The molecule has 1 aromatic carbocycles. The van der Waals surface area contributed by atoms with E-state index in [1.165, 1.54) is 6.07 Å². The highest BCUT2D eigenvalue weighted by Gasteiger charge is 2.27. The predicted octanol–water partition coefficient (Wildman–Crippen LogP) is 2.68. The van der Waals surface area contributed by atoms with Gasteiger partial charge in [0.1, 0.15) is 11.9 Å². The van der Waals surface area contributed by atoms with Gasteiger partial charge < -0.3 is 20.0 Å². The molecule has 6 nitrogen and oxygen atoms in total. The summed E-state index contributed by atoms with van der Waals surface area (Å²) in [5.74, 6) is -1.85. The van der Waals surface area contributed by atoms with E-state index in [9.17, 15) is 14.0 Å². The summed E-state index contributed by atoms with van der Waals surface area (Å²) >= 11 is 4.97. The minimum atomic E-state index is -0.817. The molecule has 3 N–H and O–H groups in total. The highest BCUT2D eigenvalue weighted by Crippen LogP contribution is 2.18. The third kappa shape index (κ3) is 3.76. The van der Waals surface area contributed by atoms with Crippen LogP contribution in [0.15, 0.2) is 12.1 Å². The number of aromatic amines is 2. The summed E-state index contributed by atoms with van der Waals surface area (Å²) in [4.78, 5) is 30.0. The molecule has 0 aliphatic heterocycles. The molecule has 0 aliphatic carbocycles. The number of benzene rings is 1. The molecule has 2 aromatic rings. The van der Waals surface area contributed by atoms with Crippen LogP contribution in [0.25, 0.3) is 11.0 Å². The number of nitrogens with one attached hydrogen (secondary N) is 3. The van der Waals surface area contributed by atoms with Gasteiger partial charge in [-0.05, 0) is 37.2 Å². The molecule has 0 saturated heterocycles. The average molecular weight is 339 g/mol. The second-order valence-electron chi connectivity index (χ2n) is 5.40. The van der Waals surface area contributed by atoms with Crippen molar-refractivity contribution in [1.29, 1.82) is 0 Å². The van der Waals surface area contributed by atoms with Gasteiger partial charge in [0.05, 0.1) is 23.2 Å². The van der Waals surface area contributed by atoms with Crippen molar-refractivity contribution in [2.75, 3.05) is 6.61 Å². The first-order valence-electron chi connectivity index (χ1n) is 7.22. The zero-order valence-electron chi connectivity index (χ0n) is 13.0. The molecule has 124 valence electrons. The summed E-state index contributed by atoms with van der Waals surface area (Å²) in [7, 11) is 0. The number of carbonyl (C=O) groups is 2. The van der Waals surface area contributed by atoms with Gasteiger partial charge in [0.25, 0.3) is 5.91 Å². The zero-order valence-corrected chi connectivity index (χ0v) is 13.8. The number of halogens is 1. The monoisotopic (exact) mass is 339 g/mol. The summed E-state index contributed by atoms with van der Waals surface area (Å²) in [6.07, 6.45) is 0. The fraction of sp³-hybridized carbons (Fsp3) is 0.400. The number of esters is 1. The summed E-state index contributed by atoms with van der Waals surface area (Å²) in [5, 5.41) is 2.60. The van der Waals surface area contributed by atoms with Crippen molar-refractivity contribution in [3.8, 4) is 0 Å². The molecule has 2 rings (SSSR count). The third-order valence-corrected chi connectivity index (χ3v) is 3.53. The summed E-state index contributed by atoms with van der Waals surface area (Å²) in [6.45, 7) is 5.47. The van der Waals surface area contributed by atoms with Crippen LogP contribution >= 0.6 is 12.2 Å². The molecule has 0 saturated carbocycles. The Morgan fingerprint density at radius 3 is 2.65 bits per heavy atom. The van der Waals surface area contributed by atoms with Crippen molar-refractivity contribution in [1.82, 2.24) is 15.3 Å². The van der Waals surface area contributed by atoms with E-state index < -0.39 is 23.7 Å². The molecule has 0 aliphatic rings.